The molecule has 4 aromatic heterocycles. The number of amides is 1. The molecule has 0 spiro atoms. The predicted octanol–water partition coefficient (Wildman–Crippen LogP) is 5.02. The lowest BCUT2D eigenvalue weighted by Crippen LogP contribution is -2.17. The third-order valence-electron chi connectivity index (χ3n) is 5.95. The molecule has 1 amide bonds. The number of carbonyl (C=O) groups excluding carboxylic acids is 1. The smallest absolute Gasteiger partial charge is 0.226 e. The van der Waals surface area contributed by atoms with Gasteiger partial charge in [-0.3, -0.25) is 14.8 Å². The number of nitrogens with zero attached hydrogens (tertiary/aromatic N) is 4. The lowest BCUT2D eigenvalue weighted by atomic mass is 10.0. The van der Waals surface area contributed by atoms with Gasteiger partial charge in [0.1, 0.15) is 11.6 Å². The highest BCUT2D eigenvalue weighted by atomic mass is 16.1. The normalized spacial score (nSPS) is 11.0. The van der Waals surface area contributed by atoms with Gasteiger partial charge in [-0.2, -0.15) is 0 Å². The number of carbonyl (C=O) groups is 1. The minimum Gasteiger partial charge on any atom is -0.338 e. The highest BCUT2D eigenvalue weighted by molar-refractivity contribution is 5.95. The molecule has 0 atom stereocenters. The van der Waals surface area contributed by atoms with E-state index in [1.54, 1.807) is 24.8 Å². The monoisotopic (exact) mass is 490 g/mol. The van der Waals surface area contributed by atoms with Crippen LogP contribution < -0.4 is 16.6 Å². The van der Waals surface area contributed by atoms with Crippen LogP contribution in [-0.4, -0.2) is 30.8 Å². The number of nitrogen functional groups attached to an aromatic ring is 1. The van der Waals surface area contributed by atoms with Crippen LogP contribution in [0.1, 0.15) is 25.2 Å². The molecule has 0 aliphatic rings. The fourth-order valence-electron chi connectivity index (χ4n) is 3.95. The van der Waals surface area contributed by atoms with Crippen molar-refractivity contribution in [3.8, 4) is 22.4 Å². The van der Waals surface area contributed by atoms with Crippen LogP contribution in [0.4, 0.5) is 11.5 Å². The van der Waals surface area contributed by atoms with Crippen molar-refractivity contribution in [1.29, 1.82) is 0 Å². The summed E-state index contributed by atoms with van der Waals surface area (Å²) in [4.78, 5) is 33.6. The summed E-state index contributed by atoms with van der Waals surface area (Å²) < 4.78 is 0. The minimum absolute atomic E-state index is 0.0798. The zero-order valence-corrected chi connectivity index (χ0v) is 20.5. The second-order valence-corrected chi connectivity index (χ2v) is 8.85. The number of aromatic nitrogens is 5. The molecule has 37 heavy (non-hydrogen) atoms. The van der Waals surface area contributed by atoms with E-state index in [0.29, 0.717) is 28.5 Å². The number of H-pyrrole nitrogens is 1. The molecule has 5 aromatic rings. The van der Waals surface area contributed by atoms with Crippen LogP contribution in [-0.2, 0) is 4.79 Å². The average molecular weight is 491 g/mol. The molecule has 0 saturated heterocycles. The molecular formula is C28H26N8O. The number of benzene rings is 1. The zero-order chi connectivity index (χ0) is 25.9. The summed E-state index contributed by atoms with van der Waals surface area (Å²) in [6, 6.07) is 15.5. The fraction of sp³-hybridized carbons (Fsp3) is 0.107. The number of hydrazine groups is 1. The molecule has 0 unspecified atom stereocenters. The number of para-hydroxylation sites is 1. The van der Waals surface area contributed by atoms with E-state index in [4.69, 9.17) is 10.8 Å². The molecule has 9 nitrogen and oxygen atoms in total. The van der Waals surface area contributed by atoms with Crippen molar-refractivity contribution in [2.75, 3.05) is 10.7 Å². The van der Waals surface area contributed by atoms with Crippen molar-refractivity contribution in [2.45, 2.75) is 13.8 Å². The first-order valence-electron chi connectivity index (χ1n) is 11.8. The van der Waals surface area contributed by atoms with Gasteiger partial charge in [0.15, 0.2) is 0 Å². The van der Waals surface area contributed by atoms with Gasteiger partial charge in [0.2, 0.25) is 5.91 Å². The first-order chi connectivity index (χ1) is 17.9. The van der Waals surface area contributed by atoms with Crippen LogP contribution in [0, 0.1) is 5.92 Å². The van der Waals surface area contributed by atoms with Crippen molar-refractivity contribution in [1.82, 2.24) is 24.9 Å². The summed E-state index contributed by atoms with van der Waals surface area (Å²) in [6.45, 7) is 7.97. The van der Waals surface area contributed by atoms with Crippen molar-refractivity contribution in [3.05, 3.63) is 91.3 Å². The molecule has 5 N–H and O–H groups in total. The number of hydrogen-bond acceptors (Lipinski definition) is 7. The van der Waals surface area contributed by atoms with Crippen molar-refractivity contribution in [2.24, 2.45) is 11.8 Å². The Morgan fingerprint density at radius 2 is 1.86 bits per heavy atom. The fourth-order valence-corrected chi connectivity index (χ4v) is 3.95. The molecule has 0 saturated carbocycles. The summed E-state index contributed by atoms with van der Waals surface area (Å²) in [5.74, 6) is 6.61. The Morgan fingerprint density at radius 1 is 1.03 bits per heavy atom. The maximum absolute atomic E-state index is 12.1. The number of anilines is 2. The number of nitrogens with one attached hydrogen (secondary N) is 3. The largest absolute Gasteiger partial charge is 0.338 e. The quantitative estimate of drug-likeness (QED) is 0.186. The Labute approximate surface area is 213 Å². The highest BCUT2D eigenvalue weighted by Gasteiger charge is 2.17. The Balaban J connectivity index is 1.53. The third-order valence-corrected chi connectivity index (χ3v) is 5.95. The van der Waals surface area contributed by atoms with Crippen LogP contribution in [0.2, 0.25) is 0 Å². The number of pyridine rings is 3. The van der Waals surface area contributed by atoms with Gasteiger partial charge in [-0.1, -0.05) is 38.6 Å². The van der Waals surface area contributed by atoms with Crippen LogP contribution in [0.15, 0.2) is 79.9 Å². The van der Waals surface area contributed by atoms with E-state index >= 15 is 0 Å². The minimum atomic E-state index is -0.142. The Kier molecular flexibility index (Phi) is 6.44. The van der Waals surface area contributed by atoms with E-state index < -0.39 is 0 Å². The van der Waals surface area contributed by atoms with Crippen molar-refractivity contribution >= 4 is 34.0 Å². The maximum atomic E-state index is 12.1. The zero-order valence-electron chi connectivity index (χ0n) is 20.5. The van der Waals surface area contributed by atoms with Gasteiger partial charge >= 0.3 is 0 Å². The molecule has 1 aromatic carbocycles. The second-order valence-electron chi connectivity index (χ2n) is 8.85. The molecule has 0 bridgehead atoms. The van der Waals surface area contributed by atoms with Gasteiger partial charge in [-0.05, 0) is 30.3 Å². The van der Waals surface area contributed by atoms with Gasteiger partial charge in [-0.15, -0.1) is 0 Å². The summed E-state index contributed by atoms with van der Waals surface area (Å²) >= 11 is 0. The number of rotatable bonds is 7. The predicted molar refractivity (Wildman–Crippen MR) is 146 cm³/mol. The van der Waals surface area contributed by atoms with Gasteiger partial charge < -0.3 is 15.7 Å². The molecular weight excluding hydrogens is 464 g/mol. The molecule has 5 rings (SSSR count). The van der Waals surface area contributed by atoms with Crippen molar-refractivity contribution < 1.29 is 4.79 Å². The number of hydrogen-bond donors (Lipinski definition) is 4. The number of nitrogens with two attached hydrogens (primary N) is 1. The van der Waals surface area contributed by atoms with E-state index in [1.807, 2.05) is 62.4 Å². The molecule has 0 radical (unpaired) electrons. The highest BCUT2D eigenvalue weighted by Crippen LogP contribution is 2.33. The van der Waals surface area contributed by atoms with Gasteiger partial charge in [0.25, 0.3) is 0 Å². The topological polar surface area (TPSA) is 134 Å². The average Bonchev–Trinajstić information content (AvgIpc) is 3.37. The molecule has 9 heteroatoms. The second kappa shape index (κ2) is 10.00. The van der Waals surface area contributed by atoms with E-state index in [2.05, 4.69) is 37.3 Å². The Hall–Kier alpha value is -4.89. The molecule has 4 heterocycles. The summed E-state index contributed by atoms with van der Waals surface area (Å²) in [6.07, 6.45) is 6.77. The standard InChI is InChI=1S/C28H26N8O/c1-16(2)28(37)33-20-11-18(13-30-15-20)19-12-22(27(36-29)32-14-19)17(3)26-34-24-9-6-7-21(25(24)35-26)23-8-4-5-10-31-23/h4-16H,3,29H2,1-2H3,(H,32,36)(H,33,37)(H,34,35). The SMILES string of the molecule is C=C(c1nc2c(-c3ccccn3)cccc2[nH]1)c1cc(-c2cncc(NC(=O)C(C)C)c2)cnc1NN. The Bertz CT molecular complexity index is 1610. The number of imidazole rings is 1. The Morgan fingerprint density at radius 3 is 2.62 bits per heavy atom. The van der Waals surface area contributed by atoms with Crippen molar-refractivity contribution in [3.63, 3.8) is 0 Å². The van der Waals surface area contributed by atoms with Gasteiger partial charge in [-0.25, -0.2) is 15.8 Å². The van der Waals surface area contributed by atoms with E-state index in [-0.39, 0.29) is 11.8 Å². The molecule has 0 aliphatic heterocycles. The van der Waals surface area contributed by atoms with E-state index in [1.165, 1.54) is 0 Å². The lowest BCUT2D eigenvalue weighted by Gasteiger charge is -2.12. The summed E-state index contributed by atoms with van der Waals surface area (Å²) in [7, 11) is 0. The first-order valence-corrected chi connectivity index (χ1v) is 11.8. The maximum Gasteiger partial charge on any atom is 0.226 e. The van der Waals surface area contributed by atoms with Crippen LogP contribution >= 0.6 is 0 Å². The molecule has 0 aliphatic carbocycles. The van der Waals surface area contributed by atoms with Crippen LogP contribution in [0.3, 0.4) is 0 Å². The lowest BCUT2D eigenvalue weighted by molar-refractivity contribution is -0.118. The number of aromatic amines is 1. The number of fused-ring (bicyclic) bond motifs is 1. The van der Waals surface area contributed by atoms with Crippen LogP contribution in [0.25, 0.3) is 39.0 Å². The third kappa shape index (κ3) is 4.80. The van der Waals surface area contributed by atoms with Gasteiger partial charge in [0, 0.05) is 52.3 Å². The molecule has 184 valence electrons. The first kappa shape index (κ1) is 23.8. The summed E-state index contributed by atoms with van der Waals surface area (Å²) in [5, 5.41) is 2.88. The van der Waals surface area contributed by atoms with Crippen LogP contribution in [0.5, 0.6) is 0 Å². The van der Waals surface area contributed by atoms with E-state index in [0.717, 1.165) is 33.4 Å². The summed E-state index contributed by atoms with van der Waals surface area (Å²) in [5.41, 5.74) is 9.53. The van der Waals surface area contributed by atoms with Gasteiger partial charge in [0.05, 0.1) is 28.6 Å². The molecule has 0 fully saturated rings. The van der Waals surface area contributed by atoms with E-state index in [9.17, 15) is 4.79 Å².